The average Bonchev–Trinajstić information content (AvgIpc) is 3.80. The van der Waals surface area contributed by atoms with Gasteiger partial charge in [0, 0.05) is 44.7 Å². The van der Waals surface area contributed by atoms with Crippen LogP contribution in [0.5, 0.6) is 0 Å². The Morgan fingerprint density at radius 3 is 2.33 bits per heavy atom. The molecular formula is C53H82N4O14S. The number of nitrogens with two attached hydrogens (primary N) is 1. The quantitative estimate of drug-likeness (QED) is 0.125. The van der Waals surface area contributed by atoms with Gasteiger partial charge in [0.2, 0.25) is 15.8 Å². The van der Waals surface area contributed by atoms with E-state index in [1.807, 2.05) is 26.0 Å². The third-order valence-electron chi connectivity index (χ3n) is 15.4. The van der Waals surface area contributed by atoms with Crippen molar-refractivity contribution in [2.45, 2.75) is 197 Å². The van der Waals surface area contributed by atoms with Gasteiger partial charge in [-0.05, 0) is 128 Å². The summed E-state index contributed by atoms with van der Waals surface area (Å²) in [5.41, 5.74) is 7.84. The molecule has 15 atom stereocenters. The van der Waals surface area contributed by atoms with Crippen LogP contribution in [-0.2, 0) is 48.1 Å². The first-order valence-electron chi connectivity index (χ1n) is 25.8. The van der Waals surface area contributed by atoms with Crippen molar-refractivity contribution >= 4 is 33.5 Å². The van der Waals surface area contributed by atoms with Gasteiger partial charge in [0.15, 0.2) is 5.78 Å². The lowest BCUT2D eigenvalue weighted by Crippen LogP contribution is -2.61. The molecule has 4 aliphatic rings. The van der Waals surface area contributed by atoms with E-state index in [0.717, 1.165) is 12.7 Å². The van der Waals surface area contributed by atoms with E-state index in [4.69, 9.17) is 29.2 Å². The summed E-state index contributed by atoms with van der Waals surface area (Å²) in [6.07, 6.45) is 12.3. The lowest BCUT2D eigenvalue weighted by molar-refractivity contribution is -0.264. The number of ketones is 2. The van der Waals surface area contributed by atoms with Crippen molar-refractivity contribution in [3.63, 3.8) is 0 Å². The molecule has 0 spiro atoms. The Morgan fingerprint density at radius 2 is 1.65 bits per heavy atom. The van der Waals surface area contributed by atoms with Crippen LogP contribution in [0.1, 0.15) is 131 Å². The average molecular weight is 1030 g/mol. The van der Waals surface area contributed by atoms with Gasteiger partial charge in [-0.3, -0.25) is 14.4 Å². The predicted molar refractivity (Wildman–Crippen MR) is 268 cm³/mol. The number of ether oxygens (including phenoxy) is 4. The monoisotopic (exact) mass is 1030 g/mol. The van der Waals surface area contributed by atoms with Crippen LogP contribution in [0.25, 0.3) is 0 Å². The van der Waals surface area contributed by atoms with E-state index in [-0.39, 0.29) is 66.0 Å². The second kappa shape index (κ2) is 26.5. The maximum absolute atomic E-state index is 14.5. The zero-order valence-electron chi connectivity index (χ0n) is 43.7. The number of allylic oxidation sites excluding steroid dienone is 5. The fraction of sp³-hybridized carbons (Fsp3) is 0.717. The van der Waals surface area contributed by atoms with Crippen molar-refractivity contribution in [3.05, 3.63) is 59.6 Å². The SMILES string of the molecule is COC1CC(C[C@@H](C)[C@@H]2CC[C@H](N)/C=C(\C)C(O)[C@@H](OC)C(=O)C(C)C[C@H](C)/C=C/C=C/C=C(\C)[C@@H](NS(=O)(=O)c3conc3C)C[C@@H]3CCC(C)C(O)(O3)C(=O)C(=O)N3CCCCC3C(=O)O2)CC[C@H]1O. The molecule has 1 aromatic heterocycles. The molecule has 1 saturated carbocycles. The van der Waals surface area contributed by atoms with E-state index < -0.39 is 94.0 Å². The van der Waals surface area contributed by atoms with Gasteiger partial charge in [0.05, 0.1) is 18.3 Å². The van der Waals surface area contributed by atoms with Crippen LogP contribution in [0, 0.1) is 36.5 Å². The van der Waals surface area contributed by atoms with Gasteiger partial charge in [-0.25, -0.2) is 17.9 Å². The van der Waals surface area contributed by atoms with Crippen LogP contribution in [-0.4, -0.2) is 139 Å². The maximum atomic E-state index is 14.5. The van der Waals surface area contributed by atoms with Gasteiger partial charge in [-0.2, -0.15) is 0 Å². The number of aromatic nitrogens is 1. The molecule has 19 heteroatoms. The van der Waals surface area contributed by atoms with Gasteiger partial charge < -0.3 is 49.4 Å². The van der Waals surface area contributed by atoms with E-state index in [0.29, 0.717) is 68.9 Å². The van der Waals surface area contributed by atoms with Crippen LogP contribution < -0.4 is 10.5 Å². The molecule has 6 N–H and O–H groups in total. The lowest BCUT2D eigenvalue weighted by atomic mass is 9.78. The van der Waals surface area contributed by atoms with Crippen molar-refractivity contribution in [3.8, 4) is 0 Å². The van der Waals surface area contributed by atoms with E-state index in [1.165, 1.54) is 18.9 Å². The molecule has 3 aliphatic heterocycles. The number of nitrogens with one attached hydrogen (secondary N) is 1. The number of aryl methyl sites for hydroxylation is 1. The number of hydrogen-bond acceptors (Lipinski definition) is 16. The number of esters is 1. The molecule has 2 saturated heterocycles. The fourth-order valence-corrected chi connectivity index (χ4v) is 12.2. The minimum atomic E-state index is -4.21. The normalized spacial score (nSPS) is 37.8. The fourth-order valence-electron chi connectivity index (χ4n) is 10.8. The van der Waals surface area contributed by atoms with Crippen molar-refractivity contribution in [2.75, 3.05) is 20.8 Å². The van der Waals surface area contributed by atoms with Crippen LogP contribution in [0.15, 0.2) is 63.3 Å². The summed E-state index contributed by atoms with van der Waals surface area (Å²) in [6, 6.07) is -2.68. The maximum Gasteiger partial charge on any atom is 0.329 e. The first kappa shape index (κ1) is 59.0. The first-order chi connectivity index (χ1) is 34.0. The summed E-state index contributed by atoms with van der Waals surface area (Å²) < 4.78 is 58.9. The molecule has 18 nitrogen and oxygen atoms in total. The second-order valence-electron chi connectivity index (χ2n) is 21.1. The highest BCUT2D eigenvalue weighted by molar-refractivity contribution is 7.89. The van der Waals surface area contributed by atoms with Crippen LogP contribution >= 0.6 is 0 Å². The summed E-state index contributed by atoms with van der Waals surface area (Å²) in [6.45, 7) is 12.3. The van der Waals surface area contributed by atoms with Crippen molar-refractivity contribution in [2.24, 2.45) is 35.3 Å². The third-order valence-corrected chi connectivity index (χ3v) is 17.0. The highest BCUT2D eigenvalue weighted by atomic mass is 32.2. The number of hydrogen-bond donors (Lipinski definition) is 5. The Balaban J connectivity index is 1.50. The van der Waals surface area contributed by atoms with Crippen LogP contribution in [0.2, 0.25) is 0 Å². The van der Waals surface area contributed by atoms with Crippen molar-refractivity contribution in [1.82, 2.24) is 14.8 Å². The molecule has 7 unspecified atom stereocenters. The molecule has 404 valence electrons. The Hall–Kier alpha value is -3.92. The third kappa shape index (κ3) is 15.1. The lowest BCUT2D eigenvalue weighted by Gasteiger charge is -2.43. The number of carbonyl (C=O) groups excluding carboxylic acids is 4. The number of methoxy groups -OCH3 is 2. The minimum absolute atomic E-state index is 0.0311. The highest BCUT2D eigenvalue weighted by Gasteiger charge is 2.53. The van der Waals surface area contributed by atoms with Gasteiger partial charge in [-0.1, -0.05) is 74.9 Å². The summed E-state index contributed by atoms with van der Waals surface area (Å²) in [5, 5.41) is 37.9. The Bertz CT molecular complexity index is 2240. The summed E-state index contributed by atoms with van der Waals surface area (Å²) >= 11 is 0. The minimum Gasteiger partial charge on any atom is -0.461 e. The Kier molecular flexibility index (Phi) is 21.7. The van der Waals surface area contributed by atoms with E-state index in [9.17, 15) is 42.9 Å². The van der Waals surface area contributed by atoms with Gasteiger partial charge in [0.25, 0.3) is 11.7 Å². The van der Waals surface area contributed by atoms with Crippen molar-refractivity contribution < 1.29 is 66.4 Å². The summed E-state index contributed by atoms with van der Waals surface area (Å²) in [5.74, 6) is -7.28. The van der Waals surface area contributed by atoms with Gasteiger partial charge >= 0.3 is 5.97 Å². The predicted octanol–water partition coefficient (Wildman–Crippen LogP) is 5.32. The van der Waals surface area contributed by atoms with Gasteiger partial charge in [-0.15, -0.1) is 0 Å². The van der Waals surface area contributed by atoms with Crippen LogP contribution in [0.3, 0.4) is 0 Å². The molecule has 2 bridgehead atoms. The number of aliphatic hydroxyl groups excluding tert-OH is 2. The number of piperidine rings is 1. The topological polar surface area (TPSA) is 267 Å². The Labute approximate surface area is 426 Å². The number of nitrogens with zero attached hydrogens (tertiary/aromatic N) is 2. The van der Waals surface area contributed by atoms with E-state index in [2.05, 4.69) is 9.88 Å². The number of cyclic esters (lactones) is 1. The zero-order chi connectivity index (χ0) is 53.1. The number of amides is 1. The molecule has 0 radical (unpaired) electrons. The summed E-state index contributed by atoms with van der Waals surface area (Å²) in [4.78, 5) is 58.1. The number of carbonyl (C=O) groups is 4. The molecule has 5 rings (SSSR count). The number of fused-ring (bicyclic) bond motifs is 3. The van der Waals surface area contributed by atoms with Crippen LogP contribution in [0.4, 0.5) is 0 Å². The molecule has 72 heavy (non-hydrogen) atoms. The molecule has 1 amide bonds. The molecule has 4 heterocycles. The molecule has 1 aromatic rings. The molecule has 0 aromatic carbocycles. The van der Waals surface area contributed by atoms with Crippen molar-refractivity contribution in [1.29, 1.82) is 0 Å². The number of rotatable bonds is 8. The first-order valence-corrected chi connectivity index (χ1v) is 27.3. The zero-order valence-corrected chi connectivity index (χ0v) is 44.6. The van der Waals surface area contributed by atoms with E-state index >= 15 is 0 Å². The molecule has 1 aliphatic carbocycles. The number of Topliss-reactive ketones (excluding diaryl/α,β-unsaturated/α-hetero) is 2. The summed E-state index contributed by atoms with van der Waals surface area (Å²) in [7, 11) is -1.25. The highest BCUT2D eigenvalue weighted by Crippen LogP contribution is 2.38. The largest absolute Gasteiger partial charge is 0.461 e. The Morgan fingerprint density at radius 1 is 0.917 bits per heavy atom. The molecule has 3 fully saturated rings. The van der Waals surface area contributed by atoms with E-state index in [1.54, 1.807) is 59.1 Å². The number of sulfonamides is 1. The van der Waals surface area contributed by atoms with Gasteiger partial charge in [0.1, 0.15) is 41.2 Å². The molecular weight excluding hydrogens is 949 g/mol. The smallest absolute Gasteiger partial charge is 0.329 e. The standard InChI is InChI=1S/C53H82N4O14S/c1-31-15-11-10-12-16-32(2)41(56-72(65,66)46-30-69-55-37(46)7)29-40-21-18-36(6)53(64,71-40)50(61)51(62)57-24-14-13-17-42(57)52(63)70-44(33(3)26-38-19-22-43(58)45(28-38)67-8)23-20-39(54)27-35(5)48(60)49(68-9)47(59)34(4)25-31/h10-12,15-16,27,30-31,33-34,36,38-45,48-49,56,58,60,64H,13-14,17-26,28-29,54H2,1-9H3/b12-10+,15-11+,32-16+,35-27+/t31-,33-,34?,36?,38?,39+,40+,41+,42?,43-,44+,45?,48?,49+,53?/m1/s1. The second-order valence-corrected chi connectivity index (χ2v) is 22.8. The number of aliphatic hydroxyl groups is 3.